The van der Waals surface area contributed by atoms with Gasteiger partial charge < -0.3 is 9.47 Å². The van der Waals surface area contributed by atoms with E-state index in [1.807, 2.05) is 0 Å². The second-order valence-corrected chi connectivity index (χ2v) is 2.58. The number of hydrogen-bond donors (Lipinski definition) is 1. The molecular weight excluding hydrogens is 177 g/mol. The Labute approximate surface area is 74.0 Å². The minimum Gasteiger partial charge on any atom is -0.453 e. The van der Waals surface area contributed by atoms with Crippen LogP contribution in [0.15, 0.2) is 12.1 Å². The first-order valence-electron chi connectivity index (χ1n) is 3.71. The SMILES string of the molecule is NOCc1ccc2c(c1F)OCO2. The summed E-state index contributed by atoms with van der Waals surface area (Å²) in [5, 5.41) is 0. The van der Waals surface area contributed by atoms with Crippen LogP contribution >= 0.6 is 0 Å². The molecule has 0 saturated heterocycles. The van der Waals surface area contributed by atoms with Gasteiger partial charge in [0.05, 0.1) is 6.61 Å². The molecule has 5 heteroatoms. The zero-order valence-corrected chi connectivity index (χ0v) is 6.75. The highest BCUT2D eigenvalue weighted by Crippen LogP contribution is 2.36. The van der Waals surface area contributed by atoms with Crippen molar-refractivity contribution in [3.8, 4) is 11.5 Å². The summed E-state index contributed by atoms with van der Waals surface area (Å²) in [6, 6.07) is 3.18. The first-order valence-corrected chi connectivity index (χ1v) is 3.71. The Hall–Kier alpha value is -1.33. The van der Waals surface area contributed by atoms with Gasteiger partial charge in [-0.05, 0) is 12.1 Å². The van der Waals surface area contributed by atoms with Gasteiger partial charge in [0, 0.05) is 5.56 Å². The first kappa shape index (κ1) is 8.28. The molecule has 0 amide bonds. The largest absolute Gasteiger partial charge is 0.453 e. The number of nitrogens with two attached hydrogens (primary N) is 1. The zero-order valence-electron chi connectivity index (χ0n) is 6.75. The highest BCUT2D eigenvalue weighted by atomic mass is 19.1. The summed E-state index contributed by atoms with van der Waals surface area (Å²) < 4.78 is 23.3. The van der Waals surface area contributed by atoms with Crippen molar-refractivity contribution in [2.45, 2.75) is 6.61 Å². The van der Waals surface area contributed by atoms with Crippen molar-refractivity contribution in [1.29, 1.82) is 0 Å². The Morgan fingerprint density at radius 2 is 2.31 bits per heavy atom. The van der Waals surface area contributed by atoms with E-state index in [9.17, 15) is 4.39 Å². The van der Waals surface area contributed by atoms with Crippen LogP contribution in [0.5, 0.6) is 11.5 Å². The monoisotopic (exact) mass is 185 g/mol. The number of halogens is 1. The van der Waals surface area contributed by atoms with Crippen molar-refractivity contribution in [2.24, 2.45) is 5.90 Å². The standard InChI is InChI=1S/C8H8FNO3/c9-7-5(3-13-10)1-2-6-8(7)12-4-11-6/h1-2H,3-4,10H2. The lowest BCUT2D eigenvalue weighted by molar-refractivity contribution is 0.121. The van der Waals surface area contributed by atoms with Crippen LogP contribution in [0.1, 0.15) is 5.56 Å². The van der Waals surface area contributed by atoms with Crippen LogP contribution in [0.3, 0.4) is 0 Å². The van der Waals surface area contributed by atoms with Crippen molar-refractivity contribution >= 4 is 0 Å². The molecule has 1 aromatic rings. The molecule has 4 nitrogen and oxygen atoms in total. The van der Waals surface area contributed by atoms with Crippen LogP contribution in [0.4, 0.5) is 4.39 Å². The maximum Gasteiger partial charge on any atom is 0.231 e. The van der Waals surface area contributed by atoms with Crippen molar-refractivity contribution in [3.05, 3.63) is 23.5 Å². The average molecular weight is 185 g/mol. The zero-order chi connectivity index (χ0) is 9.26. The fraction of sp³-hybridized carbons (Fsp3) is 0.250. The number of hydrogen-bond acceptors (Lipinski definition) is 4. The molecule has 0 radical (unpaired) electrons. The van der Waals surface area contributed by atoms with E-state index in [0.717, 1.165) is 0 Å². The van der Waals surface area contributed by atoms with Crippen LogP contribution < -0.4 is 15.4 Å². The van der Waals surface area contributed by atoms with Crippen LogP contribution in [0.25, 0.3) is 0 Å². The lowest BCUT2D eigenvalue weighted by Crippen LogP contribution is -2.01. The van der Waals surface area contributed by atoms with E-state index in [-0.39, 0.29) is 19.1 Å². The normalized spacial score (nSPS) is 13.4. The van der Waals surface area contributed by atoms with E-state index in [1.165, 1.54) is 0 Å². The third-order valence-electron chi connectivity index (χ3n) is 1.80. The minimum atomic E-state index is -0.472. The van der Waals surface area contributed by atoms with Crippen LogP contribution in [-0.2, 0) is 11.4 Å². The lowest BCUT2D eigenvalue weighted by atomic mass is 10.2. The van der Waals surface area contributed by atoms with Gasteiger partial charge in [-0.25, -0.2) is 10.3 Å². The third kappa shape index (κ3) is 1.32. The molecule has 0 saturated carbocycles. The molecule has 1 aliphatic rings. The minimum absolute atomic E-state index is 0.0163. The Bertz CT molecular complexity index is 329. The van der Waals surface area contributed by atoms with Gasteiger partial charge in [-0.1, -0.05) is 0 Å². The second kappa shape index (κ2) is 3.20. The van der Waals surface area contributed by atoms with E-state index in [1.54, 1.807) is 12.1 Å². The van der Waals surface area contributed by atoms with Crippen molar-refractivity contribution in [3.63, 3.8) is 0 Å². The molecule has 0 unspecified atom stereocenters. The summed E-state index contributed by atoms with van der Waals surface area (Å²) in [6.45, 7) is 0.0711. The quantitative estimate of drug-likeness (QED) is 0.697. The van der Waals surface area contributed by atoms with E-state index < -0.39 is 5.82 Å². The maximum atomic E-state index is 13.4. The molecule has 0 spiro atoms. The number of rotatable bonds is 2. The molecule has 0 atom stereocenters. The summed E-state index contributed by atoms with van der Waals surface area (Å²) >= 11 is 0. The predicted octanol–water partition coefficient (Wildman–Crippen LogP) is 0.945. The molecule has 0 aromatic heterocycles. The molecule has 70 valence electrons. The van der Waals surface area contributed by atoms with Gasteiger partial charge in [0.2, 0.25) is 12.5 Å². The fourth-order valence-corrected chi connectivity index (χ4v) is 1.18. The Kier molecular flexibility index (Phi) is 2.03. The molecule has 1 heterocycles. The van der Waals surface area contributed by atoms with E-state index in [2.05, 4.69) is 4.84 Å². The summed E-state index contributed by atoms with van der Waals surface area (Å²) in [5.74, 6) is 4.91. The van der Waals surface area contributed by atoms with Gasteiger partial charge in [0.25, 0.3) is 0 Å². The maximum absolute atomic E-state index is 13.4. The Morgan fingerprint density at radius 1 is 1.46 bits per heavy atom. The average Bonchev–Trinajstić information content (AvgIpc) is 2.58. The summed E-state index contributed by atoms with van der Waals surface area (Å²) in [4.78, 5) is 4.33. The summed E-state index contributed by atoms with van der Waals surface area (Å²) in [7, 11) is 0. The van der Waals surface area contributed by atoms with Gasteiger partial charge in [-0.3, -0.25) is 4.84 Å². The highest BCUT2D eigenvalue weighted by Gasteiger charge is 2.20. The van der Waals surface area contributed by atoms with Gasteiger partial charge in [-0.15, -0.1) is 0 Å². The predicted molar refractivity (Wildman–Crippen MR) is 41.5 cm³/mol. The molecule has 0 fully saturated rings. The van der Waals surface area contributed by atoms with Gasteiger partial charge in [0.15, 0.2) is 11.6 Å². The highest BCUT2D eigenvalue weighted by molar-refractivity contribution is 5.45. The van der Waals surface area contributed by atoms with Crippen molar-refractivity contribution in [1.82, 2.24) is 0 Å². The number of benzene rings is 1. The Morgan fingerprint density at radius 3 is 3.08 bits per heavy atom. The van der Waals surface area contributed by atoms with Crippen molar-refractivity contribution < 1.29 is 18.7 Å². The molecule has 1 aromatic carbocycles. The first-order chi connectivity index (χ1) is 6.33. The molecule has 2 N–H and O–H groups in total. The van der Waals surface area contributed by atoms with Crippen LogP contribution in [0, 0.1) is 5.82 Å². The fourth-order valence-electron chi connectivity index (χ4n) is 1.18. The molecule has 0 aliphatic carbocycles. The number of fused-ring (bicyclic) bond motifs is 1. The van der Waals surface area contributed by atoms with Gasteiger partial charge in [0.1, 0.15) is 0 Å². The van der Waals surface area contributed by atoms with Crippen LogP contribution in [-0.4, -0.2) is 6.79 Å². The molecule has 0 bridgehead atoms. The summed E-state index contributed by atoms with van der Waals surface area (Å²) in [5.41, 5.74) is 0.353. The van der Waals surface area contributed by atoms with Gasteiger partial charge >= 0.3 is 0 Å². The smallest absolute Gasteiger partial charge is 0.231 e. The van der Waals surface area contributed by atoms with Gasteiger partial charge in [-0.2, -0.15) is 0 Å². The third-order valence-corrected chi connectivity index (χ3v) is 1.80. The van der Waals surface area contributed by atoms with E-state index in [0.29, 0.717) is 11.3 Å². The lowest BCUT2D eigenvalue weighted by Gasteiger charge is -2.03. The van der Waals surface area contributed by atoms with E-state index in [4.69, 9.17) is 15.4 Å². The van der Waals surface area contributed by atoms with E-state index >= 15 is 0 Å². The summed E-state index contributed by atoms with van der Waals surface area (Å²) in [6.07, 6.45) is 0. The number of ether oxygens (including phenoxy) is 2. The van der Waals surface area contributed by atoms with Crippen LogP contribution in [0.2, 0.25) is 0 Å². The Balaban J connectivity index is 2.40. The molecule has 1 aliphatic heterocycles. The molecular formula is C8H8FNO3. The second-order valence-electron chi connectivity index (χ2n) is 2.58. The molecule has 2 rings (SSSR count). The topological polar surface area (TPSA) is 53.7 Å². The molecule has 13 heavy (non-hydrogen) atoms. The van der Waals surface area contributed by atoms with Crippen molar-refractivity contribution in [2.75, 3.05) is 6.79 Å².